The number of nitrogens with zero attached hydrogens (tertiary/aromatic N) is 2. The number of aryl methyl sites for hydroxylation is 2. The number of imidazole rings is 1. The number of carbonyl (C=O) groups excluding carboxylic acids is 2. The lowest BCUT2D eigenvalue weighted by atomic mass is 10.2. The number of amides is 3. The van der Waals surface area contributed by atoms with Crippen LogP contribution in [-0.4, -0.2) is 33.6 Å². The van der Waals surface area contributed by atoms with Gasteiger partial charge in [-0.2, -0.15) is 11.8 Å². The number of benzene rings is 1. The SMILES string of the molecule is Cc1ccc(CSCCNC(=O)NNC(=O)c2c(C)nc3ccccn23)cc1. The summed E-state index contributed by atoms with van der Waals surface area (Å²) in [5.41, 5.74) is 8.97. The average Bonchev–Trinajstić information content (AvgIpc) is 3.03. The summed E-state index contributed by atoms with van der Waals surface area (Å²) in [7, 11) is 0. The monoisotopic (exact) mass is 397 g/mol. The van der Waals surface area contributed by atoms with Crippen molar-refractivity contribution in [2.24, 2.45) is 0 Å². The van der Waals surface area contributed by atoms with Gasteiger partial charge in [0.2, 0.25) is 0 Å². The van der Waals surface area contributed by atoms with Crippen molar-refractivity contribution in [1.29, 1.82) is 0 Å². The van der Waals surface area contributed by atoms with Crippen molar-refractivity contribution in [3.63, 3.8) is 0 Å². The normalized spacial score (nSPS) is 10.6. The van der Waals surface area contributed by atoms with Crippen LogP contribution in [0.3, 0.4) is 0 Å². The lowest BCUT2D eigenvalue weighted by Crippen LogP contribution is -2.47. The number of fused-ring (bicyclic) bond motifs is 1. The largest absolute Gasteiger partial charge is 0.336 e. The van der Waals surface area contributed by atoms with E-state index in [0.29, 0.717) is 23.6 Å². The van der Waals surface area contributed by atoms with E-state index in [4.69, 9.17) is 0 Å². The smallest absolute Gasteiger partial charge is 0.333 e. The Labute approximate surface area is 167 Å². The highest BCUT2D eigenvalue weighted by atomic mass is 32.2. The van der Waals surface area contributed by atoms with E-state index in [0.717, 1.165) is 11.5 Å². The van der Waals surface area contributed by atoms with E-state index < -0.39 is 11.9 Å². The Hall–Kier alpha value is -3.00. The Morgan fingerprint density at radius 3 is 2.64 bits per heavy atom. The Balaban J connectivity index is 1.38. The Morgan fingerprint density at radius 2 is 1.86 bits per heavy atom. The minimum atomic E-state index is -0.448. The van der Waals surface area contributed by atoms with Crippen molar-refractivity contribution in [2.45, 2.75) is 19.6 Å². The van der Waals surface area contributed by atoms with E-state index in [1.807, 2.05) is 18.2 Å². The molecule has 3 rings (SSSR count). The summed E-state index contributed by atoms with van der Waals surface area (Å²) < 4.78 is 1.69. The summed E-state index contributed by atoms with van der Waals surface area (Å²) in [4.78, 5) is 28.6. The number of urea groups is 1. The zero-order valence-electron chi connectivity index (χ0n) is 15.9. The first-order chi connectivity index (χ1) is 13.5. The van der Waals surface area contributed by atoms with Crippen molar-refractivity contribution >= 4 is 29.3 Å². The molecule has 2 heterocycles. The molecule has 2 aromatic heterocycles. The molecule has 0 spiro atoms. The van der Waals surface area contributed by atoms with Crippen LogP contribution in [0.1, 0.15) is 27.3 Å². The van der Waals surface area contributed by atoms with Crippen molar-refractivity contribution in [1.82, 2.24) is 25.6 Å². The number of thioether (sulfide) groups is 1. The summed E-state index contributed by atoms with van der Waals surface area (Å²) in [6.45, 7) is 4.33. The van der Waals surface area contributed by atoms with Gasteiger partial charge in [0.05, 0.1) is 5.69 Å². The first kappa shape index (κ1) is 19.8. The number of rotatable bonds is 6. The van der Waals surface area contributed by atoms with Crippen LogP contribution >= 0.6 is 11.8 Å². The molecular formula is C20H23N5O2S. The van der Waals surface area contributed by atoms with E-state index in [-0.39, 0.29) is 0 Å². The zero-order chi connectivity index (χ0) is 19.9. The van der Waals surface area contributed by atoms with Gasteiger partial charge >= 0.3 is 6.03 Å². The van der Waals surface area contributed by atoms with Gasteiger partial charge < -0.3 is 5.32 Å². The Kier molecular flexibility index (Phi) is 6.54. The number of carbonyl (C=O) groups is 2. The summed E-state index contributed by atoms with van der Waals surface area (Å²) in [5.74, 6) is 1.26. The second kappa shape index (κ2) is 9.27. The van der Waals surface area contributed by atoms with Crippen molar-refractivity contribution in [2.75, 3.05) is 12.3 Å². The molecule has 28 heavy (non-hydrogen) atoms. The standard InChI is InChI=1S/C20H23N5O2S/c1-14-6-8-16(9-7-14)13-28-12-10-21-20(27)24-23-19(26)18-15(2)22-17-5-3-4-11-25(17)18/h3-9,11H,10,12-13H2,1-2H3,(H,23,26)(H2,21,24,27). The van der Waals surface area contributed by atoms with Crippen LogP contribution in [0.25, 0.3) is 5.65 Å². The van der Waals surface area contributed by atoms with E-state index in [1.165, 1.54) is 11.1 Å². The summed E-state index contributed by atoms with van der Waals surface area (Å²) in [5, 5.41) is 2.72. The van der Waals surface area contributed by atoms with Crippen molar-refractivity contribution in [3.05, 3.63) is 71.2 Å². The summed E-state index contributed by atoms with van der Waals surface area (Å²) in [6.07, 6.45) is 1.76. The highest BCUT2D eigenvalue weighted by molar-refractivity contribution is 7.98. The molecule has 8 heteroatoms. The molecule has 0 aliphatic carbocycles. The quantitative estimate of drug-likeness (QED) is 0.441. The van der Waals surface area contributed by atoms with Gasteiger partial charge in [0.1, 0.15) is 11.3 Å². The summed E-state index contributed by atoms with van der Waals surface area (Å²) in [6, 6.07) is 13.4. The zero-order valence-corrected chi connectivity index (χ0v) is 16.7. The second-order valence-corrected chi connectivity index (χ2v) is 7.45. The molecule has 0 saturated heterocycles. The number of nitrogens with one attached hydrogen (secondary N) is 3. The van der Waals surface area contributed by atoms with Gasteiger partial charge in [-0.3, -0.25) is 14.6 Å². The molecule has 0 fully saturated rings. The lowest BCUT2D eigenvalue weighted by molar-refractivity contribution is 0.0929. The van der Waals surface area contributed by atoms with E-state index in [9.17, 15) is 9.59 Å². The van der Waals surface area contributed by atoms with Gasteiger partial charge in [0.25, 0.3) is 5.91 Å². The lowest BCUT2D eigenvalue weighted by Gasteiger charge is -2.09. The molecule has 1 aromatic carbocycles. The van der Waals surface area contributed by atoms with Crippen molar-refractivity contribution in [3.8, 4) is 0 Å². The number of hydrogen-bond donors (Lipinski definition) is 3. The topological polar surface area (TPSA) is 87.5 Å². The van der Waals surface area contributed by atoms with Crippen LogP contribution in [0, 0.1) is 13.8 Å². The van der Waals surface area contributed by atoms with Crippen LogP contribution in [-0.2, 0) is 5.75 Å². The van der Waals surface area contributed by atoms with Gasteiger partial charge in [-0.25, -0.2) is 15.2 Å². The predicted octanol–water partition coefficient (Wildman–Crippen LogP) is 2.83. The Bertz CT molecular complexity index is 968. The van der Waals surface area contributed by atoms with Crippen LogP contribution in [0.2, 0.25) is 0 Å². The van der Waals surface area contributed by atoms with Gasteiger partial charge in [0, 0.05) is 24.2 Å². The van der Waals surface area contributed by atoms with Crippen LogP contribution < -0.4 is 16.2 Å². The molecule has 0 atom stereocenters. The minimum absolute atomic E-state index is 0.393. The van der Waals surface area contributed by atoms with Crippen LogP contribution in [0.15, 0.2) is 48.7 Å². The average molecular weight is 398 g/mol. The van der Waals surface area contributed by atoms with E-state index in [1.54, 1.807) is 29.3 Å². The van der Waals surface area contributed by atoms with Crippen molar-refractivity contribution < 1.29 is 9.59 Å². The fourth-order valence-electron chi connectivity index (χ4n) is 2.72. The molecule has 0 bridgehead atoms. The maximum atomic E-state index is 12.4. The van der Waals surface area contributed by atoms with Crippen LogP contribution in [0.4, 0.5) is 4.79 Å². The molecule has 3 amide bonds. The molecule has 0 radical (unpaired) electrons. The van der Waals surface area contributed by atoms with Gasteiger partial charge in [-0.05, 0) is 31.5 Å². The third-order valence-corrected chi connectivity index (χ3v) is 5.16. The molecule has 0 unspecified atom stereocenters. The first-order valence-electron chi connectivity index (χ1n) is 8.96. The van der Waals surface area contributed by atoms with E-state index in [2.05, 4.69) is 52.3 Å². The maximum Gasteiger partial charge on any atom is 0.333 e. The van der Waals surface area contributed by atoms with E-state index >= 15 is 0 Å². The van der Waals surface area contributed by atoms with Gasteiger partial charge in [-0.15, -0.1) is 0 Å². The maximum absolute atomic E-state index is 12.4. The molecule has 0 aliphatic heterocycles. The van der Waals surface area contributed by atoms with Gasteiger partial charge in [-0.1, -0.05) is 35.9 Å². The fourth-order valence-corrected chi connectivity index (χ4v) is 3.53. The molecule has 3 aromatic rings. The minimum Gasteiger partial charge on any atom is -0.336 e. The molecule has 146 valence electrons. The van der Waals surface area contributed by atoms with Crippen LogP contribution in [0.5, 0.6) is 0 Å². The third-order valence-electron chi connectivity index (χ3n) is 4.13. The highest BCUT2D eigenvalue weighted by Gasteiger charge is 2.16. The molecule has 3 N–H and O–H groups in total. The molecule has 0 saturated carbocycles. The first-order valence-corrected chi connectivity index (χ1v) is 10.1. The molecule has 0 aliphatic rings. The number of hydrogen-bond acceptors (Lipinski definition) is 4. The molecule has 7 nitrogen and oxygen atoms in total. The number of aromatic nitrogens is 2. The third kappa shape index (κ3) is 5.04. The number of hydrazine groups is 1. The highest BCUT2D eigenvalue weighted by Crippen LogP contribution is 2.12. The van der Waals surface area contributed by atoms with Gasteiger partial charge in [0.15, 0.2) is 0 Å². The predicted molar refractivity (Wildman–Crippen MR) is 111 cm³/mol. The Morgan fingerprint density at radius 1 is 1.07 bits per heavy atom. The summed E-state index contributed by atoms with van der Waals surface area (Å²) >= 11 is 1.74. The number of pyridine rings is 1. The second-order valence-electron chi connectivity index (χ2n) is 6.35. The fraction of sp³-hybridized carbons (Fsp3) is 0.250. The molecular weight excluding hydrogens is 374 g/mol.